The van der Waals surface area contributed by atoms with E-state index in [1.165, 1.54) is 70.6 Å². The number of hydrogen-bond acceptors (Lipinski definition) is 11. The van der Waals surface area contributed by atoms with Gasteiger partial charge in [-0.15, -0.1) is 22.6 Å². The number of hydrogen-bond donors (Lipinski definition) is 5. The van der Waals surface area contributed by atoms with E-state index in [9.17, 15) is 15.3 Å². The molecule has 2 aromatic rings. The van der Waals surface area contributed by atoms with Crippen molar-refractivity contribution in [2.75, 3.05) is 11.5 Å². The summed E-state index contributed by atoms with van der Waals surface area (Å²) in [6, 6.07) is 0.326. The average molecular weight is 954 g/mol. The Morgan fingerprint density at radius 2 is 0.955 bits per heavy atom. The second-order valence-corrected chi connectivity index (χ2v) is 25.8. The average Bonchev–Trinajstić information content (AvgIpc) is 4.08. The Morgan fingerprint density at radius 1 is 0.552 bits per heavy atom. The minimum Gasteiger partial charge on any atom is -0.408 e. The summed E-state index contributed by atoms with van der Waals surface area (Å²) in [4.78, 5) is 0. The van der Waals surface area contributed by atoms with E-state index in [-0.39, 0.29) is 48.2 Å². The third kappa shape index (κ3) is 8.73. The zero-order chi connectivity index (χ0) is 47.1. The van der Waals surface area contributed by atoms with Crippen LogP contribution in [0.4, 0.5) is 12.0 Å². The summed E-state index contributed by atoms with van der Waals surface area (Å²) in [6.45, 7) is 22.1. The lowest BCUT2D eigenvalue weighted by atomic mass is 9.41. The molecule has 10 rings (SSSR count). The molecule has 12 heteroatoms. The van der Waals surface area contributed by atoms with Gasteiger partial charge in [0.2, 0.25) is 11.8 Å². The molecule has 8 aliphatic carbocycles. The van der Waals surface area contributed by atoms with Gasteiger partial charge < -0.3 is 35.6 Å². The zero-order valence-electron chi connectivity index (χ0n) is 43.0. The van der Waals surface area contributed by atoms with Gasteiger partial charge in [-0.25, -0.2) is 0 Å². The lowest BCUT2D eigenvalue weighted by molar-refractivity contribution is -0.203. The normalized spacial score (nSPS) is 47.3. The third-order valence-electron chi connectivity index (χ3n) is 23.2. The number of aliphatic hydroxyl groups excluding tert-OH is 3. The lowest BCUT2D eigenvalue weighted by Crippen LogP contribution is -2.62. The number of aliphatic hydroxyl groups is 3. The van der Waals surface area contributed by atoms with Crippen LogP contribution >= 0.6 is 12.4 Å². The highest BCUT2D eigenvalue weighted by Crippen LogP contribution is 2.71. The van der Waals surface area contributed by atoms with Crippen LogP contribution in [0.25, 0.3) is 0 Å². The van der Waals surface area contributed by atoms with Crippen molar-refractivity contribution in [3.05, 3.63) is 11.8 Å². The van der Waals surface area contributed by atoms with Crippen LogP contribution in [0.5, 0.6) is 0 Å². The standard InChI is InChI=1S/C28H47N3O2.C27H45N3O3.ClH/c1-6-18-22-15-16(2)11-13-28(22,5)21-12-14-27(4)19(8-9-20(27)24(21)25(18)32)17(3)7-10-23-30-31-26(29)33-23;1-5-17-21-14-16(31)10-12-27(21,4)20-11-13-26(3)18(7-8-19(26)23(20)24(17)32)15(2)6-9-22-29-30-25(28)33-22;/h16-22,24-25,32H,6-15H2,1-5H3,(H2,29,31);15-21,23-24,31-32H,5-14H2,1-4H3,(H2,28,30);1H/t16-,17-,18-,19-,20+,21+,22+,24+,25-,27-,28-;15-,16-,17-,18-,19+,20+,21+,23+,24-,26-,27-;/m11./s1. The fraction of sp³-hybridized carbons (Fsp3) is 0.927. The third-order valence-corrected chi connectivity index (χ3v) is 23.2. The number of rotatable bonds is 10. The van der Waals surface area contributed by atoms with Crippen molar-refractivity contribution in [3.8, 4) is 0 Å². The van der Waals surface area contributed by atoms with Crippen LogP contribution in [0, 0.1) is 110 Å². The summed E-state index contributed by atoms with van der Waals surface area (Å²) in [5, 5.41) is 49.9. The smallest absolute Gasteiger partial charge is 0.312 e. The van der Waals surface area contributed by atoms with Crippen molar-refractivity contribution in [3.63, 3.8) is 0 Å². The first-order valence-corrected chi connectivity index (χ1v) is 27.6. The van der Waals surface area contributed by atoms with Crippen molar-refractivity contribution in [2.24, 2.45) is 110 Å². The van der Waals surface area contributed by atoms with Crippen LogP contribution in [-0.4, -0.2) is 54.0 Å². The SMILES string of the molecule is CC[C@H]1[C@@H](O)[C@@H]2[C@H](CC[C@]3(C)[C@@H]([C@H](C)CCc4nnc(N)o4)CC[C@@H]23)[C@@]2(C)CC[C@@H](C)C[C@@H]12.CC[C@H]1[C@@H](O)[C@@H]2[C@H](CC[C@]3(C)[C@@H]([C@H](C)CCc4nnc(N)o4)CC[C@@H]23)[C@@]2(C)CC[C@@H](O)C[C@@H]12.Cl. The van der Waals surface area contributed by atoms with Gasteiger partial charge in [0, 0.05) is 12.8 Å². The molecule has 22 atom stereocenters. The summed E-state index contributed by atoms with van der Waals surface area (Å²) in [5.74, 6) is 10.2. The summed E-state index contributed by atoms with van der Waals surface area (Å²) in [6.07, 6.45) is 22.7. The number of fused-ring (bicyclic) bond motifs is 10. The second kappa shape index (κ2) is 19.6. The summed E-state index contributed by atoms with van der Waals surface area (Å²) in [7, 11) is 0. The molecule has 0 aliphatic heterocycles. The molecule has 0 aromatic carbocycles. The van der Waals surface area contributed by atoms with Gasteiger partial charge in [-0.1, -0.05) is 91.8 Å². The van der Waals surface area contributed by atoms with Crippen molar-refractivity contribution < 1.29 is 24.2 Å². The first-order chi connectivity index (χ1) is 31.4. The van der Waals surface area contributed by atoms with E-state index >= 15 is 0 Å². The van der Waals surface area contributed by atoms with Crippen LogP contribution in [-0.2, 0) is 12.8 Å². The number of aryl methyl sites for hydroxylation is 2. The number of nitrogen functional groups attached to an aromatic ring is 2. The highest BCUT2D eigenvalue weighted by molar-refractivity contribution is 5.85. The predicted octanol–water partition coefficient (Wildman–Crippen LogP) is 11.4. The lowest BCUT2D eigenvalue weighted by Gasteiger charge is -2.65. The van der Waals surface area contributed by atoms with Gasteiger partial charge >= 0.3 is 12.0 Å². The van der Waals surface area contributed by atoms with Gasteiger partial charge in [-0.05, 0) is 207 Å². The van der Waals surface area contributed by atoms with Crippen LogP contribution in [0.1, 0.15) is 190 Å². The van der Waals surface area contributed by atoms with E-state index in [0.717, 1.165) is 63.7 Å². The minimum atomic E-state index is -0.219. The Bertz CT molecular complexity index is 1830. The molecule has 7 N–H and O–H groups in total. The Labute approximate surface area is 410 Å². The van der Waals surface area contributed by atoms with Crippen LogP contribution in [0.2, 0.25) is 0 Å². The largest absolute Gasteiger partial charge is 0.408 e. The fourth-order valence-corrected chi connectivity index (χ4v) is 19.9. The first kappa shape index (κ1) is 51.4. The van der Waals surface area contributed by atoms with Crippen LogP contribution < -0.4 is 11.5 Å². The minimum absolute atomic E-state index is 0. The highest BCUT2D eigenvalue weighted by Gasteiger charge is 2.66. The molecule has 0 spiro atoms. The fourth-order valence-electron chi connectivity index (χ4n) is 19.9. The Morgan fingerprint density at radius 3 is 1.37 bits per heavy atom. The predicted molar refractivity (Wildman–Crippen MR) is 266 cm³/mol. The maximum Gasteiger partial charge on any atom is 0.312 e. The van der Waals surface area contributed by atoms with E-state index in [4.69, 9.17) is 20.3 Å². The number of nitrogens with two attached hydrogens (primary N) is 2. The van der Waals surface area contributed by atoms with Gasteiger partial charge in [0.15, 0.2) is 0 Å². The molecular formula is C55H93ClN6O5. The summed E-state index contributed by atoms with van der Waals surface area (Å²) < 4.78 is 10.8. The van der Waals surface area contributed by atoms with Crippen molar-refractivity contribution in [2.45, 2.75) is 209 Å². The molecule has 0 bridgehead atoms. The first-order valence-electron chi connectivity index (χ1n) is 27.6. The van der Waals surface area contributed by atoms with Crippen LogP contribution in [0.15, 0.2) is 8.83 Å². The zero-order valence-corrected chi connectivity index (χ0v) is 43.9. The van der Waals surface area contributed by atoms with E-state index in [0.29, 0.717) is 111 Å². The molecule has 0 saturated heterocycles. The van der Waals surface area contributed by atoms with Gasteiger partial charge in [-0.2, -0.15) is 0 Å². The molecule has 0 amide bonds. The number of aromatic nitrogens is 4. The topological polar surface area (TPSA) is 191 Å². The molecule has 380 valence electrons. The second-order valence-electron chi connectivity index (χ2n) is 25.8. The number of anilines is 2. The van der Waals surface area contributed by atoms with Gasteiger partial charge in [-0.3, -0.25) is 0 Å². The van der Waals surface area contributed by atoms with Gasteiger partial charge in [0.1, 0.15) is 0 Å². The molecule has 8 fully saturated rings. The highest BCUT2D eigenvalue weighted by atomic mass is 35.5. The molecule has 0 unspecified atom stereocenters. The summed E-state index contributed by atoms with van der Waals surface area (Å²) >= 11 is 0. The van der Waals surface area contributed by atoms with E-state index in [2.05, 4.69) is 82.7 Å². The maximum absolute atomic E-state index is 11.9. The van der Waals surface area contributed by atoms with Gasteiger partial charge in [0.25, 0.3) is 0 Å². The molecule has 67 heavy (non-hydrogen) atoms. The number of nitrogens with zero attached hydrogens (tertiary/aromatic N) is 4. The molecule has 0 radical (unpaired) electrons. The molecule has 8 aliphatic rings. The van der Waals surface area contributed by atoms with Crippen molar-refractivity contribution >= 4 is 24.4 Å². The van der Waals surface area contributed by atoms with Crippen LogP contribution in [0.3, 0.4) is 0 Å². The monoisotopic (exact) mass is 953 g/mol. The van der Waals surface area contributed by atoms with Crippen molar-refractivity contribution in [1.29, 1.82) is 0 Å². The molecular weight excluding hydrogens is 860 g/mol. The Hall–Kier alpha value is -1.95. The Kier molecular flexibility index (Phi) is 15.0. The Balaban J connectivity index is 0.000000179. The van der Waals surface area contributed by atoms with Crippen molar-refractivity contribution in [1.82, 2.24) is 20.4 Å². The number of halogens is 1. The van der Waals surface area contributed by atoms with E-state index in [1.54, 1.807) is 0 Å². The maximum atomic E-state index is 11.9. The quantitative estimate of drug-likeness (QED) is 0.152. The molecule has 2 aromatic heterocycles. The molecule has 8 saturated carbocycles. The molecule has 11 nitrogen and oxygen atoms in total. The van der Waals surface area contributed by atoms with E-state index in [1.807, 2.05) is 0 Å². The van der Waals surface area contributed by atoms with Gasteiger partial charge in [0.05, 0.1) is 18.3 Å². The summed E-state index contributed by atoms with van der Waals surface area (Å²) in [5.41, 5.74) is 12.6. The van der Waals surface area contributed by atoms with E-state index < -0.39 is 0 Å². The molecule has 2 heterocycles.